The van der Waals surface area contributed by atoms with Crippen molar-refractivity contribution in [2.75, 3.05) is 20.2 Å². The summed E-state index contributed by atoms with van der Waals surface area (Å²) in [5, 5.41) is 0.973. The Balaban J connectivity index is 1.59. The van der Waals surface area contributed by atoms with Gasteiger partial charge in [0.05, 0.1) is 7.11 Å². The van der Waals surface area contributed by atoms with Crippen molar-refractivity contribution in [1.82, 2.24) is 9.88 Å². The Morgan fingerprint density at radius 3 is 2.90 bits per heavy atom. The summed E-state index contributed by atoms with van der Waals surface area (Å²) in [5.74, 6) is 2.54. The van der Waals surface area contributed by atoms with E-state index in [1.165, 1.54) is 19.3 Å². The van der Waals surface area contributed by atoms with Crippen molar-refractivity contribution >= 4 is 16.8 Å². The molecule has 4 heteroatoms. The highest BCUT2D eigenvalue weighted by Crippen LogP contribution is 2.41. The molecule has 1 aliphatic carbocycles. The summed E-state index contributed by atoms with van der Waals surface area (Å²) >= 11 is 0. The Bertz CT molecular complexity index is 687. The Morgan fingerprint density at radius 1 is 1.29 bits per heavy atom. The molecule has 21 heavy (non-hydrogen) atoms. The van der Waals surface area contributed by atoms with Crippen LogP contribution in [-0.4, -0.2) is 36.0 Å². The normalized spacial score (nSPS) is 22.0. The number of hydrogen-bond acceptors (Lipinski definition) is 2. The molecule has 1 unspecified atom stereocenters. The first-order valence-electron chi connectivity index (χ1n) is 7.71. The Hall–Kier alpha value is -1.97. The fourth-order valence-corrected chi connectivity index (χ4v) is 3.52. The molecule has 1 aromatic carbocycles. The lowest BCUT2D eigenvalue weighted by Gasteiger charge is -2.15. The second kappa shape index (κ2) is 4.79. The SMILES string of the molecule is COc1cccc2[nH]c(C(=O)N3CCC(C4CC4)C3)cc12. The number of carbonyl (C=O) groups excluding carboxylic acids is 1. The summed E-state index contributed by atoms with van der Waals surface area (Å²) in [6.07, 6.45) is 3.88. The van der Waals surface area contributed by atoms with Crippen molar-refractivity contribution in [3.05, 3.63) is 30.0 Å². The predicted octanol–water partition coefficient (Wildman–Crippen LogP) is 3.05. The van der Waals surface area contributed by atoms with Gasteiger partial charge in [0.15, 0.2) is 0 Å². The molecule has 0 radical (unpaired) electrons. The number of aromatic amines is 1. The number of nitrogens with zero attached hydrogens (tertiary/aromatic N) is 1. The van der Waals surface area contributed by atoms with Gasteiger partial charge in [0.1, 0.15) is 11.4 Å². The van der Waals surface area contributed by atoms with Crippen LogP contribution in [0.25, 0.3) is 10.9 Å². The van der Waals surface area contributed by atoms with Gasteiger partial charge >= 0.3 is 0 Å². The van der Waals surface area contributed by atoms with Crippen LogP contribution in [0.1, 0.15) is 29.8 Å². The second-order valence-electron chi connectivity index (χ2n) is 6.24. The van der Waals surface area contributed by atoms with E-state index in [1.54, 1.807) is 7.11 Å². The number of rotatable bonds is 3. The van der Waals surface area contributed by atoms with Crippen LogP contribution in [0.15, 0.2) is 24.3 Å². The minimum Gasteiger partial charge on any atom is -0.496 e. The van der Waals surface area contributed by atoms with Gasteiger partial charge in [-0.2, -0.15) is 0 Å². The number of carbonyl (C=O) groups is 1. The number of likely N-dealkylation sites (tertiary alicyclic amines) is 1. The third-order valence-corrected chi connectivity index (χ3v) is 4.88. The molecule has 2 fully saturated rings. The van der Waals surface area contributed by atoms with E-state index in [0.29, 0.717) is 5.69 Å². The van der Waals surface area contributed by atoms with Crippen LogP contribution in [-0.2, 0) is 0 Å². The summed E-state index contributed by atoms with van der Waals surface area (Å²) in [7, 11) is 1.66. The summed E-state index contributed by atoms with van der Waals surface area (Å²) < 4.78 is 5.36. The van der Waals surface area contributed by atoms with Crippen molar-refractivity contribution in [3.8, 4) is 5.75 Å². The fourth-order valence-electron chi connectivity index (χ4n) is 3.52. The minimum absolute atomic E-state index is 0.122. The fraction of sp³-hybridized carbons (Fsp3) is 0.471. The Labute approximate surface area is 124 Å². The molecule has 1 saturated heterocycles. The summed E-state index contributed by atoms with van der Waals surface area (Å²) in [6, 6.07) is 7.75. The van der Waals surface area contributed by atoms with Crippen LogP contribution >= 0.6 is 0 Å². The van der Waals surface area contributed by atoms with Crippen LogP contribution < -0.4 is 4.74 Å². The first kappa shape index (κ1) is 12.7. The number of benzene rings is 1. The molecule has 2 heterocycles. The van der Waals surface area contributed by atoms with Crippen LogP contribution in [0.5, 0.6) is 5.75 Å². The first-order valence-corrected chi connectivity index (χ1v) is 7.71. The molecule has 1 aromatic heterocycles. The van der Waals surface area contributed by atoms with Gasteiger partial charge in [0.25, 0.3) is 5.91 Å². The Kier molecular flexibility index (Phi) is 2.91. The van der Waals surface area contributed by atoms with E-state index in [0.717, 1.165) is 41.6 Å². The third kappa shape index (κ3) is 2.19. The highest BCUT2D eigenvalue weighted by atomic mass is 16.5. The van der Waals surface area contributed by atoms with E-state index in [4.69, 9.17) is 4.74 Å². The number of ether oxygens (including phenoxy) is 1. The maximum atomic E-state index is 12.7. The van der Waals surface area contributed by atoms with E-state index in [9.17, 15) is 4.79 Å². The van der Waals surface area contributed by atoms with E-state index < -0.39 is 0 Å². The topological polar surface area (TPSA) is 45.3 Å². The van der Waals surface area contributed by atoms with Gasteiger partial charge < -0.3 is 14.6 Å². The summed E-state index contributed by atoms with van der Waals surface area (Å²) in [6.45, 7) is 1.82. The molecule has 2 aromatic rings. The minimum atomic E-state index is 0.122. The summed E-state index contributed by atoms with van der Waals surface area (Å²) in [4.78, 5) is 17.9. The van der Waals surface area contributed by atoms with E-state index >= 15 is 0 Å². The molecule has 1 amide bonds. The van der Waals surface area contributed by atoms with Gasteiger partial charge in [-0.15, -0.1) is 0 Å². The standard InChI is InChI=1S/C17H20N2O2/c1-21-16-4-2-3-14-13(16)9-15(18-14)17(20)19-8-7-12(10-19)11-5-6-11/h2-4,9,11-12,18H,5-8,10H2,1H3. The van der Waals surface area contributed by atoms with Crippen molar-refractivity contribution in [1.29, 1.82) is 0 Å². The van der Waals surface area contributed by atoms with E-state index in [-0.39, 0.29) is 5.91 Å². The molecule has 0 spiro atoms. The largest absolute Gasteiger partial charge is 0.496 e. The maximum absolute atomic E-state index is 12.7. The van der Waals surface area contributed by atoms with Crippen LogP contribution in [0.2, 0.25) is 0 Å². The average Bonchev–Trinajstić information content (AvgIpc) is 3.08. The zero-order chi connectivity index (χ0) is 14.4. The zero-order valence-electron chi connectivity index (χ0n) is 12.3. The van der Waals surface area contributed by atoms with Gasteiger partial charge in [0.2, 0.25) is 0 Å². The third-order valence-electron chi connectivity index (χ3n) is 4.88. The number of hydrogen-bond donors (Lipinski definition) is 1. The van der Waals surface area contributed by atoms with Gasteiger partial charge in [-0.3, -0.25) is 4.79 Å². The quantitative estimate of drug-likeness (QED) is 0.941. The van der Waals surface area contributed by atoms with Crippen molar-refractivity contribution in [3.63, 3.8) is 0 Å². The maximum Gasteiger partial charge on any atom is 0.270 e. The molecule has 1 saturated carbocycles. The number of methoxy groups -OCH3 is 1. The van der Waals surface area contributed by atoms with Gasteiger partial charge in [0, 0.05) is 24.0 Å². The van der Waals surface area contributed by atoms with Crippen molar-refractivity contribution in [2.24, 2.45) is 11.8 Å². The molecular weight excluding hydrogens is 264 g/mol. The van der Waals surface area contributed by atoms with Gasteiger partial charge in [-0.1, -0.05) is 6.07 Å². The molecule has 2 aliphatic rings. The zero-order valence-corrected chi connectivity index (χ0v) is 12.3. The number of fused-ring (bicyclic) bond motifs is 1. The highest BCUT2D eigenvalue weighted by molar-refractivity contribution is 5.99. The van der Waals surface area contributed by atoms with Crippen LogP contribution in [0.3, 0.4) is 0 Å². The lowest BCUT2D eigenvalue weighted by Crippen LogP contribution is -2.29. The lowest BCUT2D eigenvalue weighted by atomic mass is 10.0. The van der Waals surface area contributed by atoms with Crippen LogP contribution in [0.4, 0.5) is 0 Å². The first-order chi connectivity index (χ1) is 10.3. The molecular formula is C17H20N2O2. The predicted molar refractivity (Wildman–Crippen MR) is 81.6 cm³/mol. The number of nitrogens with one attached hydrogen (secondary N) is 1. The van der Waals surface area contributed by atoms with E-state index in [1.807, 2.05) is 29.2 Å². The van der Waals surface area contributed by atoms with Crippen LogP contribution in [0, 0.1) is 11.8 Å². The molecule has 110 valence electrons. The average molecular weight is 284 g/mol. The molecule has 1 aliphatic heterocycles. The molecule has 4 nitrogen and oxygen atoms in total. The van der Waals surface area contributed by atoms with Crippen molar-refractivity contribution in [2.45, 2.75) is 19.3 Å². The second-order valence-corrected chi connectivity index (χ2v) is 6.24. The smallest absolute Gasteiger partial charge is 0.270 e. The number of aromatic nitrogens is 1. The van der Waals surface area contributed by atoms with Gasteiger partial charge in [-0.05, 0) is 49.3 Å². The number of amides is 1. The Morgan fingerprint density at radius 2 is 2.14 bits per heavy atom. The monoisotopic (exact) mass is 284 g/mol. The molecule has 4 rings (SSSR count). The molecule has 0 bridgehead atoms. The molecule has 1 atom stereocenters. The highest BCUT2D eigenvalue weighted by Gasteiger charge is 2.37. The van der Waals surface area contributed by atoms with E-state index in [2.05, 4.69) is 4.98 Å². The molecule has 1 N–H and O–H groups in total. The lowest BCUT2D eigenvalue weighted by molar-refractivity contribution is 0.0781. The summed E-state index contributed by atoms with van der Waals surface area (Å²) in [5.41, 5.74) is 1.63. The van der Waals surface area contributed by atoms with Crippen molar-refractivity contribution < 1.29 is 9.53 Å². The van der Waals surface area contributed by atoms with Gasteiger partial charge in [-0.25, -0.2) is 0 Å². The number of H-pyrrole nitrogens is 1.